The van der Waals surface area contributed by atoms with Crippen molar-refractivity contribution in [2.24, 2.45) is 5.73 Å². The van der Waals surface area contributed by atoms with Crippen LogP contribution in [0.4, 0.5) is 5.82 Å². The fourth-order valence-electron chi connectivity index (χ4n) is 4.01. The Morgan fingerprint density at radius 3 is 2.76 bits per heavy atom. The van der Waals surface area contributed by atoms with Gasteiger partial charge in [0.05, 0.1) is 29.9 Å². The van der Waals surface area contributed by atoms with Crippen molar-refractivity contribution in [2.45, 2.75) is 40.3 Å². The van der Waals surface area contributed by atoms with Gasteiger partial charge in [-0.15, -0.1) is 0 Å². The fourth-order valence-corrected chi connectivity index (χ4v) is 4.22. The van der Waals surface area contributed by atoms with Gasteiger partial charge in [-0.1, -0.05) is 11.6 Å². The predicted molar refractivity (Wildman–Crippen MR) is 126 cm³/mol. The number of halogens is 1. The van der Waals surface area contributed by atoms with E-state index in [2.05, 4.69) is 20.2 Å². The average Bonchev–Trinajstić information content (AvgIpc) is 3.35. The summed E-state index contributed by atoms with van der Waals surface area (Å²) in [6.45, 7) is 8.12. The second kappa shape index (κ2) is 8.70. The third kappa shape index (κ3) is 3.97. The summed E-state index contributed by atoms with van der Waals surface area (Å²) in [6.07, 6.45) is 4.84. The molecule has 3 heterocycles. The Labute approximate surface area is 195 Å². The van der Waals surface area contributed by atoms with E-state index in [1.807, 2.05) is 33.8 Å². The second-order valence-corrected chi connectivity index (χ2v) is 8.17. The van der Waals surface area contributed by atoms with Gasteiger partial charge < -0.3 is 16.2 Å². The van der Waals surface area contributed by atoms with Crippen molar-refractivity contribution in [3.8, 4) is 16.9 Å². The number of rotatable bonds is 7. The molecule has 4 aromatic rings. The number of primary amides is 1. The number of carbonyl (C=O) groups excluding carboxylic acids is 1. The van der Waals surface area contributed by atoms with Crippen LogP contribution in [-0.2, 0) is 11.3 Å². The van der Waals surface area contributed by atoms with Crippen LogP contribution in [-0.4, -0.2) is 42.0 Å². The lowest BCUT2D eigenvalue weighted by Gasteiger charge is -2.22. The smallest absolute Gasteiger partial charge is 0.239 e. The molecule has 4 rings (SSSR count). The molecule has 1 amide bonds. The van der Waals surface area contributed by atoms with Crippen molar-refractivity contribution in [3.05, 3.63) is 46.6 Å². The number of fused-ring (bicyclic) bond motifs is 1. The van der Waals surface area contributed by atoms with Crippen molar-refractivity contribution < 1.29 is 9.53 Å². The van der Waals surface area contributed by atoms with Gasteiger partial charge in [0.25, 0.3) is 0 Å². The minimum absolute atomic E-state index is 0.0213. The molecule has 10 nitrogen and oxygen atoms in total. The minimum atomic E-state index is -0.478. The highest BCUT2D eigenvalue weighted by Crippen LogP contribution is 2.43. The standard InChI is InChI=1S/C22H25ClN8O2/c1-5-33-20-15(13(4)31-22-19(12(3)29-31)21(25)26-10-27-22)6-16(23)11(2)18(20)14-7-28-30(8-14)9-17(24)32/h6-8,10,13H,5,9H2,1-4H3,(H2,24,32)(H2,25,26,27). The van der Waals surface area contributed by atoms with Crippen LogP contribution >= 0.6 is 11.6 Å². The highest BCUT2D eigenvalue weighted by Gasteiger charge is 2.25. The molecular formula is C22H25ClN8O2. The van der Waals surface area contributed by atoms with Crippen LogP contribution in [0.1, 0.15) is 36.7 Å². The number of nitrogen functional groups attached to an aromatic ring is 1. The van der Waals surface area contributed by atoms with E-state index >= 15 is 0 Å². The highest BCUT2D eigenvalue weighted by atomic mass is 35.5. The number of benzene rings is 1. The monoisotopic (exact) mass is 468 g/mol. The molecule has 1 atom stereocenters. The molecule has 172 valence electrons. The highest BCUT2D eigenvalue weighted by molar-refractivity contribution is 6.32. The summed E-state index contributed by atoms with van der Waals surface area (Å²) in [5.74, 6) is 0.563. The zero-order chi connectivity index (χ0) is 23.9. The summed E-state index contributed by atoms with van der Waals surface area (Å²) < 4.78 is 9.43. The zero-order valence-electron chi connectivity index (χ0n) is 18.8. The molecule has 4 N–H and O–H groups in total. The van der Waals surface area contributed by atoms with Gasteiger partial charge in [0.1, 0.15) is 24.4 Å². The number of nitrogens with two attached hydrogens (primary N) is 2. The molecule has 0 radical (unpaired) electrons. The molecule has 0 aliphatic rings. The number of carbonyl (C=O) groups is 1. The molecule has 3 aromatic heterocycles. The molecule has 11 heteroatoms. The van der Waals surface area contributed by atoms with Crippen LogP contribution in [0, 0.1) is 13.8 Å². The van der Waals surface area contributed by atoms with Crippen LogP contribution in [0.2, 0.25) is 5.02 Å². The molecule has 0 aliphatic heterocycles. The summed E-state index contributed by atoms with van der Waals surface area (Å²) in [5.41, 5.74) is 16.0. The zero-order valence-corrected chi connectivity index (χ0v) is 19.6. The van der Waals surface area contributed by atoms with Gasteiger partial charge in [0.15, 0.2) is 5.65 Å². The normalized spacial score (nSPS) is 12.3. The number of ether oxygens (including phenoxy) is 1. The van der Waals surface area contributed by atoms with E-state index < -0.39 is 5.91 Å². The van der Waals surface area contributed by atoms with Gasteiger partial charge in [0, 0.05) is 27.9 Å². The van der Waals surface area contributed by atoms with Crippen molar-refractivity contribution in [2.75, 3.05) is 12.3 Å². The third-order valence-corrected chi connectivity index (χ3v) is 5.94. The number of aromatic nitrogens is 6. The molecular weight excluding hydrogens is 444 g/mol. The van der Waals surface area contributed by atoms with E-state index in [4.69, 9.17) is 27.8 Å². The van der Waals surface area contributed by atoms with Crippen LogP contribution in [0.25, 0.3) is 22.2 Å². The second-order valence-electron chi connectivity index (χ2n) is 7.77. The molecule has 0 bridgehead atoms. The molecule has 1 aromatic carbocycles. The van der Waals surface area contributed by atoms with Crippen molar-refractivity contribution in [1.82, 2.24) is 29.5 Å². The molecule has 0 saturated heterocycles. The van der Waals surface area contributed by atoms with Gasteiger partial charge in [-0.2, -0.15) is 10.2 Å². The maximum absolute atomic E-state index is 11.3. The van der Waals surface area contributed by atoms with E-state index in [1.165, 1.54) is 11.0 Å². The van der Waals surface area contributed by atoms with E-state index in [0.29, 0.717) is 34.2 Å². The quantitative estimate of drug-likeness (QED) is 0.424. The number of hydrogen-bond acceptors (Lipinski definition) is 7. The van der Waals surface area contributed by atoms with Crippen molar-refractivity contribution in [1.29, 1.82) is 0 Å². The lowest BCUT2D eigenvalue weighted by atomic mass is 9.95. The summed E-state index contributed by atoms with van der Waals surface area (Å²) >= 11 is 6.68. The molecule has 0 aliphatic carbocycles. The SMILES string of the molecule is CCOc1c(C(C)n2nc(C)c3c(N)ncnc32)cc(Cl)c(C)c1-c1cnn(CC(N)=O)c1. The Bertz CT molecular complexity index is 1360. The largest absolute Gasteiger partial charge is 0.493 e. The third-order valence-electron chi connectivity index (χ3n) is 5.54. The topological polar surface area (TPSA) is 140 Å². The Kier molecular flexibility index (Phi) is 5.94. The first-order valence-electron chi connectivity index (χ1n) is 10.4. The van der Waals surface area contributed by atoms with E-state index in [9.17, 15) is 4.79 Å². The molecule has 0 spiro atoms. The van der Waals surface area contributed by atoms with Gasteiger partial charge >= 0.3 is 0 Å². The average molecular weight is 469 g/mol. The van der Waals surface area contributed by atoms with Crippen LogP contribution in [0.3, 0.4) is 0 Å². The first-order chi connectivity index (χ1) is 15.7. The van der Waals surface area contributed by atoms with Gasteiger partial charge in [0.2, 0.25) is 5.91 Å². The Morgan fingerprint density at radius 1 is 1.30 bits per heavy atom. The van der Waals surface area contributed by atoms with Gasteiger partial charge in [-0.05, 0) is 39.3 Å². The first kappa shape index (κ1) is 22.5. The van der Waals surface area contributed by atoms with E-state index in [0.717, 1.165) is 27.9 Å². The number of hydrogen-bond donors (Lipinski definition) is 2. The van der Waals surface area contributed by atoms with Gasteiger partial charge in [-0.3, -0.25) is 9.48 Å². The Balaban J connectivity index is 1.92. The summed E-state index contributed by atoms with van der Waals surface area (Å²) in [5, 5.41) is 10.2. The van der Waals surface area contributed by atoms with Crippen LogP contribution < -0.4 is 16.2 Å². The maximum Gasteiger partial charge on any atom is 0.239 e. The maximum atomic E-state index is 11.3. The minimum Gasteiger partial charge on any atom is -0.493 e. The summed E-state index contributed by atoms with van der Waals surface area (Å²) in [7, 11) is 0. The number of aryl methyl sites for hydroxylation is 1. The lowest BCUT2D eigenvalue weighted by molar-refractivity contribution is -0.118. The summed E-state index contributed by atoms with van der Waals surface area (Å²) in [6, 6.07) is 1.60. The van der Waals surface area contributed by atoms with E-state index in [1.54, 1.807) is 17.1 Å². The molecule has 33 heavy (non-hydrogen) atoms. The van der Waals surface area contributed by atoms with E-state index in [-0.39, 0.29) is 12.6 Å². The number of nitrogens with zero attached hydrogens (tertiary/aromatic N) is 6. The number of anilines is 1. The van der Waals surface area contributed by atoms with Crippen molar-refractivity contribution in [3.63, 3.8) is 0 Å². The van der Waals surface area contributed by atoms with Gasteiger partial charge in [-0.25, -0.2) is 14.6 Å². The molecule has 0 fully saturated rings. The van der Waals surface area contributed by atoms with Crippen LogP contribution in [0.5, 0.6) is 5.75 Å². The van der Waals surface area contributed by atoms with Crippen molar-refractivity contribution >= 4 is 34.4 Å². The number of amides is 1. The Morgan fingerprint density at radius 2 is 2.06 bits per heavy atom. The Hall–Kier alpha value is -3.66. The fraction of sp³-hybridized carbons (Fsp3) is 0.318. The summed E-state index contributed by atoms with van der Waals surface area (Å²) in [4.78, 5) is 19.8. The lowest BCUT2D eigenvalue weighted by Crippen LogP contribution is -2.18. The van der Waals surface area contributed by atoms with Crippen LogP contribution in [0.15, 0.2) is 24.8 Å². The molecule has 1 unspecified atom stereocenters. The predicted octanol–water partition coefficient (Wildman–Crippen LogP) is 3.04. The molecule has 0 saturated carbocycles. The first-order valence-corrected chi connectivity index (χ1v) is 10.8.